The Balaban J connectivity index is 1.77. The van der Waals surface area contributed by atoms with Gasteiger partial charge in [-0.2, -0.15) is 5.10 Å². The lowest BCUT2D eigenvalue weighted by atomic mass is 10.1. The third kappa shape index (κ3) is 2.52. The van der Waals surface area contributed by atoms with Crippen LogP contribution >= 0.6 is 0 Å². The summed E-state index contributed by atoms with van der Waals surface area (Å²) in [6, 6.07) is 5.62. The fraction of sp³-hybridized carbons (Fsp3) is 0.429. The first-order valence-corrected chi connectivity index (χ1v) is 6.76. The van der Waals surface area contributed by atoms with Crippen LogP contribution in [0.15, 0.2) is 24.4 Å². The Bertz CT molecular complexity index is 608. The number of amides is 1. The lowest BCUT2D eigenvalue weighted by molar-refractivity contribution is -0.0196. The number of H-pyrrole nitrogens is 1. The molecule has 6 nitrogen and oxygen atoms in total. The van der Waals surface area contributed by atoms with Crippen molar-refractivity contribution in [2.75, 3.05) is 33.3 Å². The molecule has 1 unspecified atom stereocenters. The number of likely N-dealkylation sites (N-methyl/N-ethyl adjacent to an activating group) is 1. The molecule has 106 valence electrons. The summed E-state index contributed by atoms with van der Waals surface area (Å²) in [5.41, 5.74) is 1.57. The van der Waals surface area contributed by atoms with Crippen molar-refractivity contribution < 1.29 is 9.53 Å². The Kier molecular flexibility index (Phi) is 3.66. The molecule has 0 spiro atoms. The van der Waals surface area contributed by atoms with Gasteiger partial charge in [-0.3, -0.25) is 9.89 Å². The molecule has 1 saturated heterocycles. The summed E-state index contributed by atoms with van der Waals surface area (Å²) in [6.07, 6.45) is 1.81. The zero-order valence-electron chi connectivity index (χ0n) is 11.4. The van der Waals surface area contributed by atoms with Crippen molar-refractivity contribution in [2.45, 2.75) is 6.10 Å². The fourth-order valence-electron chi connectivity index (χ4n) is 2.51. The third-order valence-corrected chi connectivity index (χ3v) is 3.55. The number of hydrogen-bond acceptors (Lipinski definition) is 4. The quantitative estimate of drug-likeness (QED) is 0.861. The van der Waals surface area contributed by atoms with Crippen molar-refractivity contribution in [3.05, 3.63) is 30.0 Å². The first-order valence-electron chi connectivity index (χ1n) is 6.76. The van der Waals surface area contributed by atoms with Crippen LogP contribution in [0.2, 0.25) is 0 Å². The summed E-state index contributed by atoms with van der Waals surface area (Å²) in [5, 5.41) is 11.0. The van der Waals surface area contributed by atoms with E-state index in [9.17, 15) is 4.79 Å². The molecule has 2 heterocycles. The monoisotopic (exact) mass is 274 g/mol. The average Bonchev–Trinajstić information content (AvgIpc) is 2.94. The van der Waals surface area contributed by atoms with E-state index in [1.54, 1.807) is 6.20 Å². The average molecular weight is 274 g/mol. The van der Waals surface area contributed by atoms with Crippen molar-refractivity contribution >= 4 is 16.8 Å². The molecule has 1 fully saturated rings. The number of nitrogens with one attached hydrogen (secondary N) is 2. The van der Waals surface area contributed by atoms with Gasteiger partial charge in [0, 0.05) is 30.6 Å². The number of benzene rings is 1. The second-order valence-electron chi connectivity index (χ2n) is 4.97. The van der Waals surface area contributed by atoms with Gasteiger partial charge in [-0.25, -0.2) is 0 Å². The fourth-order valence-corrected chi connectivity index (χ4v) is 2.51. The van der Waals surface area contributed by atoms with Crippen molar-refractivity contribution in [3.8, 4) is 0 Å². The molecule has 1 aliphatic rings. The van der Waals surface area contributed by atoms with E-state index in [0.717, 1.165) is 17.4 Å². The standard InChI is InChI=1S/C14H18N4O2/c1-15-8-12-9-18(4-5-20-12)14(19)10-2-3-11-7-16-17-13(11)6-10/h2-3,6-7,12,15H,4-5,8-9H2,1H3,(H,16,17). The predicted octanol–water partition coefficient (Wildman–Crippen LogP) is 0.623. The molecule has 2 N–H and O–H groups in total. The summed E-state index contributed by atoms with van der Waals surface area (Å²) in [7, 11) is 1.89. The van der Waals surface area contributed by atoms with E-state index >= 15 is 0 Å². The molecule has 3 rings (SSSR count). The van der Waals surface area contributed by atoms with Crippen molar-refractivity contribution in [1.29, 1.82) is 0 Å². The minimum Gasteiger partial charge on any atom is -0.373 e. The van der Waals surface area contributed by atoms with Gasteiger partial charge in [0.1, 0.15) is 0 Å². The molecule has 1 amide bonds. The summed E-state index contributed by atoms with van der Waals surface area (Å²) in [6.45, 7) is 2.61. The Labute approximate surface area is 117 Å². The lowest BCUT2D eigenvalue weighted by Crippen LogP contribution is -2.48. The van der Waals surface area contributed by atoms with Crippen molar-refractivity contribution in [2.24, 2.45) is 0 Å². The Morgan fingerprint density at radius 2 is 2.50 bits per heavy atom. The number of aromatic amines is 1. The van der Waals surface area contributed by atoms with Crippen LogP contribution < -0.4 is 5.32 Å². The number of rotatable bonds is 3. The summed E-state index contributed by atoms with van der Waals surface area (Å²) >= 11 is 0. The van der Waals surface area contributed by atoms with Gasteiger partial charge in [0.25, 0.3) is 5.91 Å². The third-order valence-electron chi connectivity index (χ3n) is 3.55. The maximum Gasteiger partial charge on any atom is 0.254 e. The molecule has 6 heteroatoms. The molecule has 0 aliphatic carbocycles. The molecule has 0 bridgehead atoms. The number of fused-ring (bicyclic) bond motifs is 1. The Morgan fingerprint density at radius 3 is 3.35 bits per heavy atom. The zero-order chi connectivity index (χ0) is 13.9. The maximum absolute atomic E-state index is 12.5. The van der Waals surface area contributed by atoms with Gasteiger partial charge in [0.05, 0.1) is 24.4 Å². The zero-order valence-corrected chi connectivity index (χ0v) is 11.4. The molecule has 0 saturated carbocycles. The van der Waals surface area contributed by atoms with Crippen LogP contribution in [0.4, 0.5) is 0 Å². The Morgan fingerprint density at radius 1 is 1.60 bits per heavy atom. The molecule has 1 aromatic heterocycles. The SMILES string of the molecule is CNCC1CN(C(=O)c2ccc3cn[nH]c3c2)CCO1. The number of carbonyl (C=O) groups is 1. The van der Waals surface area contributed by atoms with E-state index < -0.39 is 0 Å². The largest absolute Gasteiger partial charge is 0.373 e. The molecule has 2 aromatic rings. The van der Waals surface area contributed by atoms with Crippen LogP contribution in [-0.2, 0) is 4.74 Å². The minimum absolute atomic E-state index is 0.0471. The predicted molar refractivity (Wildman–Crippen MR) is 75.7 cm³/mol. The van der Waals surface area contributed by atoms with E-state index in [-0.39, 0.29) is 12.0 Å². The number of morpholine rings is 1. The molecule has 0 radical (unpaired) electrons. The van der Waals surface area contributed by atoms with Gasteiger partial charge in [-0.1, -0.05) is 6.07 Å². The number of nitrogens with zero attached hydrogens (tertiary/aromatic N) is 2. The van der Waals surface area contributed by atoms with Gasteiger partial charge < -0.3 is 15.0 Å². The summed E-state index contributed by atoms with van der Waals surface area (Å²) in [4.78, 5) is 14.4. The van der Waals surface area contributed by atoms with Gasteiger partial charge in [0.15, 0.2) is 0 Å². The van der Waals surface area contributed by atoms with Gasteiger partial charge in [-0.05, 0) is 19.2 Å². The number of ether oxygens (including phenoxy) is 1. The molecule has 1 aromatic carbocycles. The normalized spacial score (nSPS) is 19.4. The smallest absolute Gasteiger partial charge is 0.254 e. The van der Waals surface area contributed by atoms with Crippen LogP contribution in [0.25, 0.3) is 10.9 Å². The van der Waals surface area contributed by atoms with Crippen LogP contribution in [0.3, 0.4) is 0 Å². The van der Waals surface area contributed by atoms with E-state index in [4.69, 9.17) is 4.74 Å². The Hall–Kier alpha value is -1.92. The molecule has 20 heavy (non-hydrogen) atoms. The van der Waals surface area contributed by atoms with Crippen LogP contribution in [-0.4, -0.2) is 60.4 Å². The van der Waals surface area contributed by atoms with Gasteiger partial charge >= 0.3 is 0 Å². The van der Waals surface area contributed by atoms with E-state index in [1.165, 1.54) is 0 Å². The number of carbonyl (C=O) groups excluding carboxylic acids is 1. The van der Waals surface area contributed by atoms with E-state index in [0.29, 0.717) is 25.3 Å². The second-order valence-corrected chi connectivity index (χ2v) is 4.97. The van der Waals surface area contributed by atoms with E-state index in [1.807, 2.05) is 30.1 Å². The van der Waals surface area contributed by atoms with Gasteiger partial charge in [-0.15, -0.1) is 0 Å². The summed E-state index contributed by atoms with van der Waals surface area (Å²) < 4.78 is 5.62. The topological polar surface area (TPSA) is 70.2 Å². The first kappa shape index (κ1) is 13.1. The molecular weight excluding hydrogens is 256 g/mol. The summed E-state index contributed by atoms with van der Waals surface area (Å²) in [5.74, 6) is 0.0471. The highest BCUT2D eigenvalue weighted by Gasteiger charge is 2.24. The number of aromatic nitrogens is 2. The molecular formula is C14H18N4O2. The highest BCUT2D eigenvalue weighted by Crippen LogP contribution is 2.16. The molecule has 1 aliphatic heterocycles. The van der Waals surface area contributed by atoms with Crippen LogP contribution in [0, 0.1) is 0 Å². The second kappa shape index (κ2) is 5.60. The number of hydrogen-bond donors (Lipinski definition) is 2. The maximum atomic E-state index is 12.5. The minimum atomic E-state index is 0.0471. The van der Waals surface area contributed by atoms with Crippen molar-refractivity contribution in [1.82, 2.24) is 20.4 Å². The van der Waals surface area contributed by atoms with Gasteiger partial charge in [0.2, 0.25) is 0 Å². The first-order chi connectivity index (χ1) is 9.78. The van der Waals surface area contributed by atoms with Crippen molar-refractivity contribution in [3.63, 3.8) is 0 Å². The highest BCUT2D eigenvalue weighted by molar-refractivity contribution is 5.97. The van der Waals surface area contributed by atoms with Crippen LogP contribution in [0.5, 0.6) is 0 Å². The van der Waals surface area contributed by atoms with E-state index in [2.05, 4.69) is 15.5 Å². The highest BCUT2D eigenvalue weighted by atomic mass is 16.5. The molecule has 1 atom stereocenters. The van der Waals surface area contributed by atoms with Crippen LogP contribution in [0.1, 0.15) is 10.4 Å². The lowest BCUT2D eigenvalue weighted by Gasteiger charge is -2.33.